The molecule has 106 valence electrons. The fraction of sp³-hybridized carbons (Fsp3) is 0.562. The summed E-state index contributed by atoms with van der Waals surface area (Å²) in [7, 11) is 1.43. The first-order valence-electron chi connectivity index (χ1n) is 6.86. The van der Waals surface area contributed by atoms with Gasteiger partial charge in [-0.05, 0) is 29.5 Å². The van der Waals surface area contributed by atoms with Crippen molar-refractivity contribution in [1.29, 1.82) is 0 Å². The lowest BCUT2D eigenvalue weighted by atomic mass is 9.99. The minimum atomic E-state index is -0.381. The van der Waals surface area contributed by atoms with Crippen LogP contribution in [0.5, 0.6) is 0 Å². The van der Waals surface area contributed by atoms with Crippen LogP contribution in [0.4, 0.5) is 0 Å². The van der Waals surface area contributed by atoms with Gasteiger partial charge in [-0.25, -0.2) is 4.79 Å². The van der Waals surface area contributed by atoms with Gasteiger partial charge in [-0.15, -0.1) is 0 Å². The first kappa shape index (κ1) is 15.7. The summed E-state index contributed by atoms with van der Waals surface area (Å²) in [5.74, 6) is 0.745. The van der Waals surface area contributed by atoms with Crippen molar-refractivity contribution in [3.8, 4) is 0 Å². The summed E-state index contributed by atoms with van der Waals surface area (Å²) in [5, 5.41) is 3.26. The zero-order valence-electron chi connectivity index (χ0n) is 12.6. The van der Waals surface area contributed by atoms with Crippen LogP contribution in [-0.4, -0.2) is 19.6 Å². The number of benzene rings is 1. The first-order chi connectivity index (χ1) is 8.95. The second-order valence-electron chi connectivity index (χ2n) is 5.58. The van der Waals surface area contributed by atoms with Gasteiger partial charge in [-0.3, -0.25) is 0 Å². The second kappa shape index (κ2) is 7.29. The SMILES string of the molecule is COC(=O)C(NCC(C)C)c1ccc(C(C)C)cc1. The van der Waals surface area contributed by atoms with E-state index in [1.807, 2.05) is 12.1 Å². The molecule has 0 aliphatic heterocycles. The molecule has 3 nitrogen and oxygen atoms in total. The van der Waals surface area contributed by atoms with E-state index in [1.54, 1.807) is 0 Å². The van der Waals surface area contributed by atoms with Crippen molar-refractivity contribution >= 4 is 5.97 Å². The van der Waals surface area contributed by atoms with Gasteiger partial charge in [-0.1, -0.05) is 52.0 Å². The molecule has 1 atom stereocenters. The molecule has 1 aromatic rings. The molecule has 1 N–H and O–H groups in total. The molecule has 0 amide bonds. The molecule has 0 aromatic heterocycles. The molecule has 1 unspecified atom stereocenters. The summed E-state index contributed by atoms with van der Waals surface area (Å²) in [6, 6.07) is 7.78. The van der Waals surface area contributed by atoms with Crippen LogP contribution in [0, 0.1) is 5.92 Å². The van der Waals surface area contributed by atoms with Gasteiger partial charge in [0.2, 0.25) is 0 Å². The smallest absolute Gasteiger partial charge is 0.327 e. The quantitative estimate of drug-likeness (QED) is 0.801. The molecule has 0 fully saturated rings. The van der Waals surface area contributed by atoms with Crippen LogP contribution in [0.1, 0.15) is 50.8 Å². The van der Waals surface area contributed by atoms with Gasteiger partial charge in [0, 0.05) is 0 Å². The number of hydrogen-bond donors (Lipinski definition) is 1. The molecule has 1 rings (SSSR count). The van der Waals surface area contributed by atoms with E-state index in [1.165, 1.54) is 12.7 Å². The molecule has 0 radical (unpaired) electrons. The van der Waals surface area contributed by atoms with Crippen LogP contribution in [0.15, 0.2) is 24.3 Å². The zero-order chi connectivity index (χ0) is 14.4. The Morgan fingerprint density at radius 3 is 2.05 bits per heavy atom. The van der Waals surface area contributed by atoms with E-state index >= 15 is 0 Å². The molecular formula is C16H25NO2. The van der Waals surface area contributed by atoms with E-state index in [4.69, 9.17) is 4.74 Å². The van der Waals surface area contributed by atoms with E-state index in [0.717, 1.165) is 12.1 Å². The van der Waals surface area contributed by atoms with Crippen molar-refractivity contribution in [2.24, 2.45) is 5.92 Å². The standard InChI is InChI=1S/C16H25NO2/c1-11(2)10-17-15(16(18)19-5)14-8-6-13(7-9-14)12(3)4/h6-9,11-12,15,17H,10H2,1-5H3. The third-order valence-electron chi connectivity index (χ3n) is 3.10. The first-order valence-corrected chi connectivity index (χ1v) is 6.86. The fourth-order valence-electron chi connectivity index (χ4n) is 1.88. The van der Waals surface area contributed by atoms with Gasteiger partial charge in [-0.2, -0.15) is 0 Å². The Labute approximate surface area is 116 Å². The molecular weight excluding hydrogens is 238 g/mol. The summed E-state index contributed by atoms with van der Waals surface area (Å²) in [4.78, 5) is 11.9. The van der Waals surface area contributed by atoms with Crippen LogP contribution in [0.3, 0.4) is 0 Å². The summed E-state index contributed by atoms with van der Waals surface area (Å²) in [6.45, 7) is 9.33. The Morgan fingerprint density at radius 1 is 1.11 bits per heavy atom. The number of rotatable bonds is 6. The number of hydrogen-bond acceptors (Lipinski definition) is 3. The van der Waals surface area contributed by atoms with Gasteiger partial charge in [0.15, 0.2) is 0 Å². The number of nitrogens with one attached hydrogen (secondary N) is 1. The highest BCUT2D eigenvalue weighted by Crippen LogP contribution is 2.20. The number of carbonyl (C=O) groups excluding carboxylic acids is 1. The van der Waals surface area contributed by atoms with Crippen molar-refractivity contribution in [3.05, 3.63) is 35.4 Å². The summed E-state index contributed by atoms with van der Waals surface area (Å²) in [5.41, 5.74) is 2.23. The van der Waals surface area contributed by atoms with Gasteiger partial charge < -0.3 is 10.1 Å². The molecule has 0 aliphatic rings. The highest BCUT2D eigenvalue weighted by Gasteiger charge is 2.21. The lowest BCUT2D eigenvalue weighted by Crippen LogP contribution is -2.32. The molecule has 0 saturated carbocycles. The van der Waals surface area contributed by atoms with Crippen molar-refractivity contribution < 1.29 is 9.53 Å². The molecule has 0 saturated heterocycles. The second-order valence-corrected chi connectivity index (χ2v) is 5.58. The lowest BCUT2D eigenvalue weighted by Gasteiger charge is -2.19. The Hall–Kier alpha value is -1.35. The Kier molecular flexibility index (Phi) is 6.03. The molecule has 19 heavy (non-hydrogen) atoms. The highest BCUT2D eigenvalue weighted by molar-refractivity contribution is 5.77. The minimum Gasteiger partial charge on any atom is -0.468 e. The van der Waals surface area contributed by atoms with E-state index in [0.29, 0.717) is 11.8 Å². The zero-order valence-corrected chi connectivity index (χ0v) is 12.6. The van der Waals surface area contributed by atoms with E-state index in [9.17, 15) is 4.79 Å². The van der Waals surface area contributed by atoms with Crippen molar-refractivity contribution in [1.82, 2.24) is 5.32 Å². The molecule has 0 aliphatic carbocycles. The Balaban J connectivity index is 2.87. The monoisotopic (exact) mass is 263 g/mol. The maximum atomic E-state index is 11.9. The van der Waals surface area contributed by atoms with E-state index in [-0.39, 0.29) is 12.0 Å². The largest absolute Gasteiger partial charge is 0.468 e. The van der Waals surface area contributed by atoms with Crippen LogP contribution >= 0.6 is 0 Å². The molecule has 3 heteroatoms. The van der Waals surface area contributed by atoms with Crippen LogP contribution in [0.2, 0.25) is 0 Å². The van der Waals surface area contributed by atoms with E-state index in [2.05, 4.69) is 45.1 Å². The molecule has 0 heterocycles. The van der Waals surface area contributed by atoms with Crippen LogP contribution < -0.4 is 5.32 Å². The number of esters is 1. The van der Waals surface area contributed by atoms with Gasteiger partial charge in [0.05, 0.1) is 7.11 Å². The fourth-order valence-corrected chi connectivity index (χ4v) is 1.88. The molecule has 0 bridgehead atoms. The lowest BCUT2D eigenvalue weighted by molar-refractivity contribution is -0.143. The molecule has 0 spiro atoms. The Bertz CT molecular complexity index is 396. The maximum absolute atomic E-state index is 11.9. The average molecular weight is 263 g/mol. The third-order valence-corrected chi connectivity index (χ3v) is 3.10. The summed E-state index contributed by atoms with van der Waals surface area (Å²) in [6.07, 6.45) is 0. The Morgan fingerprint density at radius 2 is 1.63 bits per heavy atom. The van der Waals surface area contributed by atoms with Crippen molar-refractivity contribution in [3.63, 3.8) is 0 Å². The highest BCUT2D eigenvalue weighted by atomic mass is 16.5. The summed E-state index contributed by atoms with van der Waals surface area (Å²) < 4.78 is 4.88. The topological polar surface area (TPSA) is 38.3 Å². The third kappa shape index (κ3) is 4.67. The van der Waals surface area contributed by atoms with Crippen LogP contribution in [0.25, 0.3) is 0 Å². The van der Waals surface area contributed by atoms with Crippen molar-refractivity contribution in [2.75, 3.05) is 13.7 Å². The minimum absolute atomic E-state index is 0.238. The maximum Gasteiger partial charge on any atom is 0.327 e. The average Bonchev–Trinajstić information content (AvgIpc) is 2.38. The normalized spacial score (nSPS) is 12.8. The van der Waals surface area contributed by atoms with Crippen molar-refractivity contribution in [2.45, 2.75) is 39.7 Å². The number of carbonyl (C=O) groups is 1. The van der Waals surface area contributed by atoms with Gasteiger partial charge in [0.25, 0.3) is 0 Å². The predicted molar refractivity (Wildman–Crippen MR) is 78.1 cm³/mol. The summed E-state index contributed by atoms with van der Waals surface area (Å²) >= 11 is 0. The predicted octanol–water partition coefficient (Wildman–Crippen LogP) is 3.27. The number of methoxy groups -OCH3 is 1. The van der Waals surface area contributed by atoms with Gasteiger partial charge in [0.1, 0.15) is 6.04 Å². The van der Waals surface area contributed by atoms with Gasteiger partial charge >= 0.3 is 5.97 Å². The van der Waals surface area contributed by atoms with Crippen LogP contribution in [-0.2, 0) is 9.53 Å². The van der Waals surface area contributed by atoms with E-state index < -0.39 is 0 Å². The molecule has 1 aromatic carbocycles. The number of ether oxygens (including phenoxy) is 1.